The predicted molar refractivity (Wildman–Crippen MR) is 156 cm³/mol. The van der Waals surface area contributed by atoms with Crippen molar-refractivity contribution in [1.82, 2.24) is 20.7 Å². The summed E-state index contributed by atoms with van der Waals surface area (Å²) in [4.78, 5) is 29.5. The second-order valence-electron chi connectivity index (χ2n) is 5.07. The molecule has 1 aromatic heterocycles. The highest BCUT2D eigenvalue weighted by atomic mass is 33.1. The van der Waals surface area contributed by atoms with Crippen LogP contribution in [0.15, 0.2) is 53.8 Å². The monoisotopic (exact) mass is 537 g/mol. The van der Waals surface area contributed by atoms with Gasteiger partial charge in [0.25, 0.3) is 5.91 Å². The molecule has 0 aliphatic carbocycles. The molecule has 12 heteroatoms. The van der Waals surface area contributed by atoms with Crippen LogP contribution >= 0.6 is 21.6 Å². The number of carbonyl (C=O) groups is 2. The van der Waals surface area contributed by atoms with Gasteiger partial charge < -0.3 is 9.74 Å². The van der Waals surface area contributed by atoms with Crippen molar-refractivity contribution in [2.75, 3.05) is 27.5 Å². The number of allylic oxidation sites excluding steroid dienone is 1. The predicted octanol–water partition coefficient (Wildman–Crippen LogP) is 4.03. The molecule has 0 aromatic carbocycles. The zero-order valence-corrected chi connectivity index (χ0v) is 25.2. The summed E-state index contributed by atoms with van der Waals surface area (Å²) in [6, 6.07) is 5.91. The van der Waals surface area contributed by atoms with E-state index in [1.54, 1.807) is 48.0 Å². The largest absolute Gasteiger partial charge is 0.313 e. The zero-order valence-electron chi connectivity index (χ0n) is 23.5. The summed E-state index contributed by atoms with van der Waals surface area (Å²) in [6.07, 6.45) is 8.29. The van der Waals surface area contributed by atoms with Crippen LogP contribution in [0.25, 0.3) is 0 Å². The van der Waals surface area contributed by atoms with Crippen LogP contribution in [0, 0.1) is 0 Å². The molecular weight excluding hydrogens is 486 g/mol. The number of nitrogens with zero attached hydrogens (tertiary/aromatic N) is 2. The second-order valence-corrected chi connectivity index (χ2v) is 7.49. The van der Waals surface area contributed by atoms with E-state index in [4.69, 9.17) is 0 Å². The van der Waals surface area contributed by atoms with Gasteiger partial charge in [-0.2, -0.15) is 0 Å². The van der Waals surface area contributed by atoms with Crippen LogP contribution in [-0.2, 0) is 14.4 Å². The molecule has 10 nitrogen and oxygen atoms in total. The number of aromatic nitrogens is 1. The lowest BCUT2D eigenvalue weighted by Gasteiger charge is -2.06. The van der Waals surface area contributed by atoms with Crippen molar-refractivity contribution in [2.24, 2.45) is 17.6 Å². The minimum absolute atomic E-state index is 0.00926. The quantitative estimate of drug-likeness (QED) is 0.161. The molecule has 1 aromatic rings. The van der Waals surface area contributed by atoms with Crippen molar-refractivity contribution in [1.29, 1.82) is 0 Å². The molecule has 0 bridgehead atoms. The Balaban J connectivity index is -0.0000000742. The van der Waals surface area contributed by atoms with Gasteiger partial charge in [-0.25, -0.2) is 16.7 Å². The maximum Gasteiger partial charge on any atom is 0.250 e. The van der Waals surface area contributed by atoms with Crippen molar-refractivity contribution < 1.29 is 14.4 Å². The fourth-order valence-electron chi connectivity index (χ4n) is 1.01. The molecule has 2 amide bonds. The molecule has 35 heavy (non-hydrogen) atoms. The van der Waals surface area contributed by atoms with Gasteiger partial charge in [-0.05, 0) is 42.3 Å². The van der Waals surface area contributed by atoms with E-state index >= 15 is 0 Å². The Kier molecular flexibility index (Phi) is 60.4. The number of nitrogens with one attached hydrogen (secondary N) is 2. The Morgan fingerprint density at radius 3 is 1.74 bits per heavy atom. The number of carbonyl (C=O) groups excluding carboxylic acids is 2. The summed E-state index contributed by atoms with van der Waals surface area (Å²) in [5.41, 5.74) is 4.90. The fraction of sp³-hybridized carbons (Fsp3) is 0.522. The van der Waals surface area contributed by atoms with Crippen LogP contribution in [0.2, 0.25) is 0 Å². The summed E-state index contributed by atoms with van der Waals surface area (Å²) in [5.74, 6) is 13.3. The molecule has 0 atom stereocenters. The molecule has 0 saturated heterocycles. The molecule has 1 aliphatic rings. The third kappa shape index (κ3) is 50.1. The third-order valence-corrected chi connectivity index (χ3v) is 3.78. The number of nitrogens with two attached hydrogens (primary N) is 3. The highest BCUT2D eigenvalue weighted by Crippen LogP contribution is 2.25. The molecule has 0 saturated carbocycles. The molecule has 0 fully saturated rings. The lowest BCUT2D eigenvalue weighted by Crippen LogP contribution is -2.26. The minimum Gasteiger partial charge on any atom is -0.313 e. The smallest absolute Gasteiger partial charge is 0.250 e. The lowest BCUT2D eigenvalue weighted by molar-refractivity contribution is -0.122. The third-order valence-electron chi connectivity index (χ3n) is 2.19. The molecule has 0 radical (unpaired) electrons. The zero-order chi connectivity index (χ0) is 29.1. The van der Waals surface area contributed by atoms with Gasteiger partial charge in [0.2, 0.25) is 5.91 Å². The van der Waals surface area contributed by atoms with Crippen LogP contribution in [0.3, 0.4) is 0 Å². The van der Waals surface area contributed by atoms with E-state index in [0.29, 0.717) is 0 Å². The topological polar surface area (TPSA) is 162 Å². The number of hydrogen-bond donors (Lipinski definition) is 5. The molecule has 0 spiro atoms. The second kappa shape index (κ2) is 45.6. The maximum absolute atomic E-state index is 10.6. The highest BCUT2D eigenvalue weighted by molar-refractivity contribution is 8.76. The van der Waals surface area contributed by atoms with E-state index < -0.39 is 0 Å². The standard InChI is InChI=1S/C6H7NO.C6H7NS2.C3H8.C2H6N2O.2C2H6.CH6N2.CH5NO/c1-5-3-4-6(8)7(5)2;1-8-9-6-4-2-3-5-7-6;1-3-2;1-2(5)4-3;2*1-2;2*1-3-2/h3-4H,1H2,2H3;2-5H,1H3;3H2,1-2H3;3H2,1H3,(H,4,5);2*1-2H3;3H,2H2,1H3;2H2,1H3. The average Bonchev–Trinajstić information content (AvgIpc) is 3.16. The first-order valence-electron chi connectivity index (χ1n) is 11.0. The number of hydrogen-bond acceptors (Lipinski definition) is 10. The Morgan fingerprint density at radius 1 is 1.17 bits per heavy atom. The minimum atomic E-state index is -0.218. The fourth-order valence-corrected chi connectivity index (χ4v) is 2.23. The SMILES string of the molecule is C=C1C=CC(=O)N1C.CC.CC.CC(=O)NN.CCC.CNN.CON.CSSc1ccccn1. The van der Waals surface area contributed by atoms with Crippen molar-refractivity contribution in [3.63, 3.8) is 0 Å². The number of rotatable bonds is 2. The molecule has 208 valence electrons. The summed E-state index contributed by atoms with van der Waals surface area (Å²) in [7, 11) is 8.14. The average molecular weight is 538 g/mol. The Morgan fingerprint density at radius 2 is 1.57 bits per heavy atom. The summed E-state index contributed by atoms with van der Waals surface area (Å²) in [5, 5.41) is 1.07. The Hall–Kier alpha value is -1.93. The van der Waals surface area contributed by atoms with E-state index in [1.165, 1.54) is 31.4 Å². The first-order valence-corrected chi connectivity index (χ1v) is 13.6. The number of pyridine rings is 1. The van der Waals surface area contributed by atoms with Crippen LogP contribution in [0.5, 0.6) is 0 Å². The van der Waals surface area contributed by atoms with Crippen LogP contribution < -0.4 is 28.4 Å². The molecule has 0 unspecified atom stereocenters. The number of hydrazine groups is 2. The maximum atomic E-state index is 10.6. The van der Waals surface area contributed by atoms with Crippen molar-refractivity contribution in [3.05, 3.63) is 48.8 Å². The van der Waals surface area contributed by atoms with E-state index in [-0.39, 0.29) is 11.8 Å². The number of likely N-dealkylation sites (N-methyl/N-ethyl adjacent to an activating group) is 1. The van der Waals surface area contributed by atoms with Gasteiger partial charge in [0.1, 0.15) is 5.03 Å². The van der Waals surface area contributed by atoms with Gasteiger partial charge in [-0.15, -0.1) is 0 Å². The van der Waals surface area contributed by atoms with E-state index in [1.807, 2.05) is 57.6 Å². The molecule has 8 N–H and O–H groups in total. The highest BCUT2D eigenvalue weighted by Gasteiger charge is 2.11. The van der Waals surface area contributed by atoms with Crippen LogP contribution in [-0.4, -0.2) is 49.2 Å². The lowest BCUT2D eigenvalue weighted by atomic mass is 10.5. The van der Waals surface area contributed by atoms with Gasteiger partial charge in [0, 0.05) is 31.9 Å². The molecule has 2 rings (SSSR count). The first-order chi connectivity index (χ1) is 16.7. The van der Waals surface area contributed by atoms with Crippen molar-refractivity contribution in [3.8, 4) is 0 Å². The normalized spacial score (nSPS) is 9.49. The van der Waals surface area contributed by atoms with Gasteiger partial charge in [0.15, 0.2) is 0 Å². The van der Waals surface area contributed by atoms with Gasteiger partial charge >= 0.3 is 0 Å². The van der Waals surface area contributed by atoms with Crippen LogP contribution in [0.1, 0.15) is 54.9 Å². The summed E-state index contributed by atoms with van der Waals surface area (Å²) in [6.45, 7) is 17.2. The molecule has 2 heterocycles. The first kappa shape index (κ1) is 46.4. The van der Waals surface area contributed by atoms with Gasteiger partial charge in [-0.1, -0.05) is 71.4 Å². The Bertz CT molecular complexity index is 557. The van der Waals surface area contributed by atoms with Gasteiger partial charge in [-0.3, -0.25) is 26.3 Å². The summed E-state index contributed by atoms with van der Waals surface area (Å²) >= 11 is 0. The van der Waals surface area contributed by atoms with E-state index in [9.17, 15) is 9.59 Å². The van der Waals surface area contributed by atoms with Crippen molar-refractivity contribution in [2.45, 2.75) is 59.9 Å². The molecular formula is C23H51N7O3S2. The number of amides is 2. The summed E-state index contributed by atoms with van der Waals surface area (Å²) < 4.78 is 0. The van der Waals surface area contributed by atoms with Crippen LogP contribution in [0.4, 0.5) is 0 Å². The Labute approximate surface area is 222 Å². The van der Waals surface area contributed by atoms with E-state index in [2.05, 4.69) is 53.3 Å². The molecule has 1 aliphatic heterocycles. The van der Waals surface area contributed by atoms with Crippen molar-refractivity contribution >= 4 is 33.4 Å². The van der Waals surface area contributed by atoms with Gasteiger partial charge in [0.05, 0.1) is 7.11 Å². The van der Waals surface area contributed by atoms with E-state index in [0.717, 1.165) is 10.7 Å².